The molecule has 0 aliphatic heterocycles. The molecule has 0 saturated heterocycles. The van der Waals surface area contributed by atoms with Gasteiger partial charge in [0.05, 0.1) is 25.9 Å². The van der Waals surface area contributed by atoms with Gasteiger partial charge in [-0.25, -0.2) is 9.78 Å². The van der Waals surface area contributed by atoms with E-state index in [0.717, 1.165) is 5.56 Å². The molecule has 136 valence electrons. The number of carbonyl (C=O) groups excluding carboxylic acids is 1. The number of benzene rings is 2. The number of aromatic nitrogens is 1. The summed E-state index contributed by atoms with van der Waals surface area (Å²) < 4.78 is 15.8. The number of ether oxygens (including phenoxy) is 3. The minimum absolute atomic E-state index is 0.0196. The highest BCUT2D eigenvalue weighted by molar-refractivity contribution is 7.13. The number of carbonyl (C=O) groups is 1. The molecule has 0 fully saturated rings. The second kappa shape index (κ2) is 8.34. The van der Waals surface area contributed by atoms with E-state index < -0.39 is 5.97 Å². The summed E-state index contributed by atoms with van der Waals surface area (Å²) in [5.74, 6) is 0.668. The third-order valence-electron chi connectivity index (χ3n) is 3.84. The summed E-state index contributed by atoms with van der Waals surface area (Å²) in [6.45, 7) is 0.0196. The molecular formula is C20H16N2O4S. The van der Waals surface area contributed by atoms with Crippen LogP contribution in [0.15, 0.2) is 47.8 Å². The van der Waals surface area contributed by atoms with Crippen molar-refractivity contribution in [3.63, 3.8) is 0 Å². The molecule has 0 saturated carbocycles. The van der Waals surface area contributed by atoms with Gasteiger partial charge in [0.2, 0.25) is 0 Å². The lowest BCUT2D eigenvalue weighted by atomic mass is 10.1. The van der Waals surface area contributed by atoms with Gasteiger partial charge in [-0.3, -0.25) is 0 Å². The maximum Gasteiger partial charge on any atom is 0.358 e. The van der Waals surface area contributed by atoms with Crippen LogP contribution in [0.3, 0.4) is 0 Å². The summed E-state index contributed by atoms with van der Waals surface area (Å²) in [5, 5.41) is 11.4. The van der Waals surface area contributed by atoms with Crippen LogP contribution in [0, 0.1) is 11.3 Å². The first-order valence-corrected chi connectivity index (χ1v) is 8.87. The number of methoxy groups -OCH3 is 2. The third kappa shape index (κ3) is 4.07. The molecule has 0 atom stereocenters. The molecule has 7 heteroatoms. The van der Waals surface area contributed by atoms with E-state index in [2.05, 4.69) is 11.1 Å². The maximum absolute atomic E-state index is 12.3. The highest BCUT2D eigenvalue weighted by atomic mass is 32.1. The number of hydrogen-bond donors (Lipinski definition) is 0. The smallest absolute Gasteiger partial charge is 0.358 e. The zero-order chi connectivity index (χ0) is 19.2. The Bertz CT molecular complexity index is 1010. The first-order valence-electron chi connectivity index (χ1n) is 7.99. The molecule has 6 nitrogen and oxygen atoms in total. The van der Waals surface area contributed by atoms with Gasteiger partial charge in [-0.15, -0.1) is 11.3 Å². The number of rotatable bonds is 6. The first kappa shape index (κ1) is 18.4. The monoisotopic (exact) mass is 380 g/mol. The summed E-state index contributed by atoms with van der Waals surface area (Å²) in [7, 11) is 3.13. The number of nitrogens with zero attached hydrogens (tertiary/aromatic N) is 2. The van der Waals surface area contributed by atoms with Crippen LogP contribution in [-0.4, -0.2) is 25.2 Å². The summed E-state index contributed by atoms with van der Waals surface area (Å²) in [5.41, 5.74) is 2.17. The van der Waals surface area contributed by atoms with Crippen molar-refractivity contribution in [3.05, 3.63) is 64.7 Å². The van der Waals surface area contributed by atoms with E-state index in [9.17, 15) is 4.79 Å². The second-order valence-corrected chi connectivity index (χ2v) is 6.31. The van der Waals surface area contributed by atoms with Crippen LogP contribution < -0.4 is 9.47 Å². The van der Waals surface area contributed by atoms with Crippen LogP contribution in [-0.2, 0) is 11.3 Å². The number of nitriles is 1. The Morgan fingerprint density at radius 2 is 1.93 bits per heavy atom. The SMILES string of the molecule is COc1ccc(-c2nc(C(=O)OCc3ccccc3C#N)cs2)cc1OC. The van der Waals surface area contributed by atoms with E-state index >= 15 is 0 Å². The standard InChI is InChI=1S/C20H16N2O4S/c1-24-17-8-7-13(9-18(17)25-2)19-22-16(12-27-19)20(23)26-11-15-6-4-3-5-14(15)10-21/h3-9,12H,11H2,1-2H3. The van der Waals surface area contributed by atoms with E-state index in [1.165, 1.54) is 11.3 Å². The van der Waals surface area contributed by atoms with E-state index in [4.69, 9.17) is 19.5 Å². The highest BCUT2D eigenvalue weighted by Crippen LogP contribution is 2.33. The molecule has 0 bridgehead atoms. The fraction of sp³-hybridized carbons (Fsp3) is 0.150. The van der Waals surface area contributed by atoms with Crippen molar-refractivity contribution in [1.82, 2.24) is 4.98 Å². The van der Waals surface area contributed by atoms with Crippen LogP contribution in [0.2, 0.25) is 0 Å². The molecule has 0 N–H and O–H groups in total. The van der Waals surface area contributed by atoms with Crippen LogP contribution >= 0.6 is 11.3 Å². The van der Waals surface area contributed by atoms with E-state index in [0.29, 0.717) is 27.6 Å². The average Bonchev–Trinajstić information content (AvgIpc) is 3.22. The average molecular weight is 380 g/mol. The van der Waals surface area contributed by atoms with Crippen LogP contribution in [0.4, 0.5) is 0 Å². The van der Waals surface area contributed by atoms with Crippen molar-refractivity contribution < 1.29 is 19.0 Å². The zero-order valence-corrected chi connectivity index (χ0v) is 15.6. The Balaban J connectivity index is 1.74. The van der Waals surface area contributed by atoms with Crippen molar-refractivity contribution in [1.29, 1.82) is 5.26 Å². The molecule has 0 amide bonds. The Morgan fingerprint density at radius 3 is 2.67 bits per heavy atom. The summed E-state index contributed by atoms with van der Waals surface area (Å²) >= 11 is 1.33. The molecule has 1 heterocycles. The quantitative estimate of drug-likeness (QED) is 0.600. The zero-order valence-electron chi connectivity index (χ0n) is 14.8. The summed E-state index contributed by atoms with van der Waals surface area (Å²) in [6, 6.07) is 14.5. The van der Waals surface area contributed by atoms with Crippen LogP contribution in [0.5, 0.6) is 11.5 Å². The lowest BCUT2D eigenvalue weighted by Gasteiger charge is -2.08. The predicted molar refractivity (Wildman–Crippen MR) is 101 cm³/mol. The molecular weight excluding hydrogens is 364 g/mol. The third-order valence-corrected chi connectivity index (χ3v) is 4.73. The molecule has 2 aromatic carbocycles. The largest absolute Gasteiger partial charge is 0.493 e. The fourth-order valence-electron chi connectivity index (χ4n) is 2.44. The topological polar surface area (TPSA) is 81.4 Å². The van der Waals surface area contributed by atoms with Gasteiger partial charge in [-0.1, -0.05) is 18.2 Å². The van der Waals surface area contributed by atoms with E-state index in [1.807, 2.05) is 6.07 Å². The molecule has 0 aliphatic carbocycles. The lowest BCUT2D eigenvalue weighted by Crippen LogP contribution is -2.06. The van der Waals surface area contributed by atoms with Gasteiger partial charge in [0, 0.05) is 16.5 Å². The number of esters is 1. The van der Waals surface area contributed by atoms with Gasteiger partial charge in [-0.2, -0.15) is 5.26 Å². The fourth-order valence-corrected chi connectivity index (χ4v) is 3.23. The Labute approximate surface area is 160 Å². The van der Waals surface area contributed by atoms with Crippen LogP contribution in [0.25, 0.3) is 10.6 Å². The highest BCUT2D eigenvalue weighted by Gasteiger charge is 2.15. The van der Waals surface area contributed by atoms with Gasteiger partial charge >= 0.3 is 5.97 Å². The molecule has 0 spiro atoms. The predicted octanol–water partition coefficient (Wildman–Crippen LogP) is 4.06. The van der Waals surface area contributed by atoms with Crippen molar-refractivity contribution in [2.45, 2.75) is 6.61 Å². The molecule has 27 heavy (non-hydrogen) atoms. The summed E-state index contributed by atoms with van der Waals surface area (Å²) in [6.07, 6.45) is 0. The number of hydrogen-bond acceptors (Lipinski definition) is 7. The Kier molecular flexibility index (Phi) is 5.69. The van der Waals surface area contributed by atoms with Gasteiger partial charge in [0.25, 0.3) is 0 Å². The van der Waals surface area contributed by atoms with Gasteiger partial charge in [0.15, 0.2) is 17.2 Å². The molecule has 1 aromatic heterocycles. The van der Waals surface area contributed by atoms with Crippen molar-refractivity contribution in [2.24, 2.45) is 0 Å². The molecule has 0 aliphatic rings. The minimum Gasteiger partial charge on any atom is -0.493 e. The van der Waals surface area contributed by atoms with Crippen LogP contribution in [0.1, 0.15) is 21.6 Å². The van der Waals surface area contributed by atoms with Gasteiger partial charge in [-0.05, 0) is 24.3 Å². The lowest BCUT2D eigenvalue weighted by molar-refractivity contribution is 0.0466. The van der Waals surface area contributed by atoms with Crippen molar-refractivity contribution in [2.75, 3.05) is 14.2 Å². The molecule has 0 unspecified atom stereocenters. The van der Waals surface area contributed by atoms with Gasteiger partial charge < -0.3 is 14.2 Å². The molecule has 3 aromatic rings. The Morgan fingerprint density at radius 1 is 1.15 bits per heavy atom. The molecule has 0 radical (unpaired) electrons. The minimum atomic E-state index is -0.536. The second-order valence-electron chi connectivity index (χ2n) is 5.45. The maximum atomic E-state index is 12.3. The molecule has 3 rings (SSSR count). The normalized spacial score (nSPS) is 10.1. The first-order chi connectivity index (χ1) is 13.2. The van der Waals surface area contributed by atoms with Gasteiger partial charge in [0.1, 0.15) is 11.6 Å². The Hall–Kier alpha value is -3.37. The summed E-state index contributed by atoms with van der Waals surface area (Å²) in [4.78, 5) is 16.6. The number of thiazole rings is 1. The van der Waals surface area contributed by atoms with E-state index in [-0.39, 0.29) is 12.3 Å². The van der Waals surface area contributed by atoms with Crippen molar-refractivity contribution >= 4 is 17.3 Å². The van der Waals surface area contributed by atoms with E-state index in [1.54, 1.807) is 56.0 Å². The van der Waals surface area contributed by atoms with Crippen molar-refractivity contribution in [3.8, 4) is 28.1 Å².